The molecule has 1 fully saturated rings. The summed E-state index contributed by atoms with van der Waals surface area (Å²) in [7, 11) is 1.66. The maximum Gasteiger partial charge on any atom is 0.0787 e. The minimum absolute atomic E-state index is 0.318. The van der Waals surface area contributed by atoms with E-state index in [4.69, 9.17) is 9.84 Å². The molecule has 0 heterocycles. The van der Waals surface area contributed by atoms with Gasteiger partial charge in [0.1, 0.15) is 0 Å². The summed E-state index contributed by atoms with van der Waals surface area (Å²) in [5.74, 6) is 0.994. The molecule has 0 spiro atoms. The van der Waals surface area contributed by atoms with Gasteiger partial charge in [-0.05, 0) is 30.8 Å². The van der Waals surface area contributed by atoms with Crippen LogP contribution < -0.4 is 0 Å². The van der Waals surface area contributed by atoms with E-state index in [1.54, 1.807) is 13.4 Å². The van der Waals surface area contributed by atoms with Crippen LogP contribution in [0.15, 0.2) is 12.3 Å². The van der Waals surface area contributed by atoms with Gasteiger partial charge < -0.3 is 9.84 Å². The molecule has 0 aromatic heterocycles. The van der Waals surface area contributed by atoms with E-state index in [1.165, 1.54) is 19.3 Å². The second kappa shape index (κ2) is 5.20. The van der Waals surface area contributed by atoms with Crippen LogP contribution in [0, 0.1) is 11.8 Å². The van der Waals surface area contributed by atoms with Gasteiger partial charge in [0, 0.05) is 6.61 Å². The van der Waals surface area contributed by atoms with E-state index >= 15 is 0 Å². The monoisotopic (exact) mass is 170 g/mol. The summed E-state index contributed by atoms with van der Waals surface area (Å²) < 4.78 is 4.88. The quantitative estimate of drug-likeness (QED) is 0.656. The summed E-state index contributed by atoms with van der Waals surface area (Å²) in [6, 6.07) is 0. The lowest BCUT2D eigenvalue weighted by atomic mass is 9.80. The summed E-state index contributed by atoms with van der Waals surface area (Å²) in [5.41, 5.74) is 0. The molecule has 1 rings (SSSR count). The van der Waals surface area contributed by atoms with Crippen LogP contribution in [0.2, 0.25) is 0 Å². The van der Waals surface area contributed by atoms with Crippen molar-refractivity contribution < 1.29 is 9.84 Å². The maximum absolute atomic E-state index is 9.09. The zero-order chi connectivity index (χ0) is 8.81. The molecule has 0 aliphatic heterocycles. The molecule has 1 saturated carbocycles. The van der Waals surface area contributed by atoms with Crippen molar-refractivity contribution >= 4 is 0 Å². The molecule has 1 aliphatic carbocycles. The van der Waals surface area contributed by atoms with Gasteiger partial charge in [0.15, 0.2) is 0 Å². The Morgan fingerprint density at radius 3 is 2.83 bits per heavy atom. The van der Waals surface area contributed by atoms with E-state index in [2.05, 4.69) is 6.08 Å². The first-order chi connectivity index (χ1) is 5.88. The molecule has 12 heavy (non-hydrogen) atoms. The molecule has 1 aliphatic rings. The van der Waals surface area contributed by atoms with Crippen molar-refractivity contribution in [3.05, 3.63) is 12.3 Å². The van der Waals surface area contributed by atoms with Crippen molar-refractivity contribution in [2.24, 2.45) is 11.8 Å². The average molecular weight is 170 g/mol. The minimum Gasteiger partial charge on any atom is -0.505 e. The SMILES string of the molecule is CO/C=C/[C@@H]1CCCC[C@H]1CO. The van der Waals surface area contributed by atoms with Crippen LogP contribution >= 0.6 is 0 Å². The largest absolute Gasteiger partial charge is 0.505 e. The smallest absolute Gasteiger partial charge is 0.0787 e. The summed E-state index contributed by atoms with van der Waals surface area (Å²) in [4.78, 5) is 0. The first-order valence-electron chi connectivity index (χ1n) is 4.68. The Morgan fingerprint density at radius 1 is 1.42 bits per heavy atom. The molecule has 0 amide bonds. The first-order valence-corrected chi connectivity index (χ1v) is 4.68. The highest BCUT2D eigenvalue weighted by Crippen LogP contribution is 2.30. The minimum atomic E-state index is 0.318. The molecule has 0 aromatic carbocycles. The number of hydrogen-bond donors (Lipinski definition) is 1. The van der Waals surface area contributed by atoms with Crippen molar-refractivity contribution in [1.29, 1.82) is 0 Å². The van der Waals surface area contributed by atoms with E-state index in [0.717, 1.165) is 6.42 Å². The van der Waals surface area contributed by atoms with Crippen LogP contribution in [0.4, 0.5) is 0 Å². The number of aliphatic hydroxyl groups excluding tert-OH is 1. The summed E-state index contributed by atoms with van der Waals surface area (Å²) in [6.45, 7) is 0.318. The Labute approximate surface area is 74.2 Å². The predicted molar refractivity (Wildman–Crippen MR) is 48.7 cm³/mol. The van der Waals surface area contributed by atoms with Crippen LogP contribution in [0.25, 0.3) is 0 Å². The lowest BCUT2D eigenvalue weighted by Gasteiger charge is -2.27. The number of hydrogen-bond acceptors (Lipinski definition) is 2. The topological polar surface area (TPSA) is 29.5 Å². The number of aliphatic hydroxyl groups is 1. The maximum atomic E-state index is 9.09. The van der Waals surface area contributed by atoms with Gasteiger partial charge in [0.2, 0.25) is 0 Å². The number of ether oxygens (including phenoxy) is 1. The normalized spacial score (nSPS) is 30.8. The van der Waals surface area contributed by atoms with Gasteiger partial charge in [-0.15, -0.1) is 0 Å². The highest BCUT2D eigenvalue weighted by molar-refractivity contribution is 4.89. The molecule has 2 atom stereocenters. The van der Waals surface area contributed by atoms with E-state index < -0.39 is 0 Å². The fraction of sp³-hybridized carbons (Fsp3) is 0.800. The van der Waals surface area contributed by atoms with Crippen LogP contribution in [-0.2, 0) is 4.74 Å². The van der Waals surface area contributed by atoms with Crippen LogP contribution in [0.3, 0.4) is 0 Å². The third kappa shape index (κ3) is 2.52. The fourth-order valence-corrected chi connectivity index (χ4v) is 1.90. The van der Waals surface area contributed by atoms with Crippen LogP contribution in [0.1, 0.15) is 25.7 Å². The second-order valence-corrected chi connectivity index (χ2v) is 3.46. The van der Waals surface area contributed by atoms with E-state index in [-0.39, 0.29) is 0 Å². The average Bonchev–Trinajstić information content (AvgIpc) is 2.15. The van der Waals surface area contributed by atoms with Crippen molar-refractivity contribution in [2.45, 2.75) is 25.7 Å². The number of rotatable bonds is 3. The first kappa shape index (κ1) is 9.59. The second-order valence-electron chi connectivity index (χ2n) is 3.46. The van der Waals surface area contributed by atoms with Crippen LogP contribution in [0.5, 0.6) is 0 Å². The van der Waals surface area contributed by atoms with Crippen molar-refractivity contribution in [3.8, 4) is 0 Å². The molecule has 1 N–H and O–H groups in total. The Kier molecular flexibility index (Phi) is 4.15. The van der Waals surface area contributed by atoms with Gasteiger partial charge in [0.05, 0.1) is 13.4 Å². The van der Waals surface area contributed by atoms with Gasteiger partial charge in [-0.3, -0.25) is 0 Å². The molecule has 0 radical (unpaired) electrons. The van der Waals surface area contributed by atoms with Crippen molar-refractivity contribution in [2.75, 3.05) is 13.7 Å². The summed E-state index contributed by atoms with van der Waals surface area (Å²) in [5, 5.41) is 9.09. The molecular weight excluding hydrogens is 152 g/mol. The van der Waals surface area contributed by atoms with Gasteiger partial charge in [0.25, 0.3) is 0 Å². The van der Waals surface area contributed by atoms with Gasteiger partial charge in [-0.1, -0.05) is 12.8 Å². The predicted octanol–water partition coefficient (Wildman–Crippen LogP) is 1.95. The standard InChI is InChI=1S/C10H18O2/c1-12-7-6-9-4-2-3-5-10(9)8-11/h6-7,9-11H,2-5,8H2,1H3/b7-6+/t9-,10-/m0/s1. The lowest BCUT2D eigenvalue weighted by molar-refractivity contribution is 0.156. The molecule has 0 saturated heterocycles. The summed E-state index contributed by atoms with van der Waals surface area (Å²) in [6.07, 6.45) is 8.73. The van der Waals surface area contributed by atoms with E-state index in [9.17, 15) is 0 Å². The molecule has 2 heteroatoms. The van der Waals surface area contributed by atoms with Gasteiger partial charge >= 0.3 is 0 Å². The Hall–Kier alpha value is -0.500. The summed E-state index contributed by atoms with van der Waals surface area (Å²) >= 11 is 0. The molecule has 70 valence electrons. The molecule has 0 unspecified atom stereocenters. The zero-order valence-electron chi connectivity index (χ0n) is 7.70. The lowest BCUT2D eigenvalue weighted by Crippen LogP contribution is -2.20. The van der Waals surface area contributed by atoms with Gasteiger partial charge in [-0.2, -0.15) is 0 Å². The molecule has 0 bridgehead atoms. The Balaban J connectivity index is 2.41. The fourth-order valence-electron chi connectivity index (χ4n) is 1.90. The Morgan fingerprint density at radius 2 is 2.17 bits per heavy atom. The van der Waals surface area contributed by atoms with Gasteiger partial charge in [-0.25, -0.2) is 0 Å². The van der Waals surface area contributed by atoms with E-state index in [1.807, 2.05) is 0 Å². The molecule has 0 aromatic rings. The third-order valence-electron chi connectivity index (χ3n) is 2.66. The van der Waals surface area contributed by atoms with E-state index in [0.29, 0.717) is 18.4 Å². The third-order valence-corrected chi connectivity index (χ3v) is 2.66. The van der Waals surface area contributed by atoms with Crippen LogP contribution in [-0.4, -0.2) is 18.8 Å². The van der Waals surface area contributed by atoms with Crippen molar-refractivity contribution in [3.63, 3.8) is 0 Å². The number of methoxy groups -OCH3 is 1. The molecular formula is C10H18O2. The molecule has 2 nitrogen and oxygen atoms in total. The highest BCUT2D eigenvalue weighted by Gasteiger charge is 2.21. The van der Waals surface area contributed by atoms with Crippen molar-refractivity contribution in [1.82, 2.24) is 0 Å². The number of allylic oxidation sites excluding steroid dienone is 1. The Bertz CT molecular complexity index is 143. The zero-order valence-corrected chi connectivity index (χ0v) is 7.70. The highest BCUT2D eigenvalue weighted by atomic mass is 16.5.